The Morgan fingerprint density at radius 3 is 2.65 bits per heavy atom. The van der Waals surface area contributed by atoms with Gasteiger partial charge < -0.3 is 16.0 Å². The summed E-state index contributed by atoms with van der Waals surface area (Å²) >= 11 is 6.21. The summed E-state index contributed by atoms with van der Waals surface area (Å²) in [5, 5.41) is 9.69. The monoisotopic (exact) mass is 378 g/mol. The Labute approximate surface area is 159 Å². The molecule has 142 valence electrons. The number of carbonyl (C=O) groups excluding carboxylic acids is 2. The number of rotatable bonds is 6. The Hall–Kier alpha value is -1.79. The second-order valence-electron chi connectivity index (χ2n) is 6.95. The molecule has 1 saturated carbocycles. The molecule has 3 rings (SSSR count). The van der Waals surface area contributed by atoms with Gasteiger partial charge in [-0.2, -0.15) is 0 Å². The summed E-state index contributed by atoms with van der Waals surface area (Å²) in [4.78, 5) is 25.8. The minimum atomic E-state index is -0.183. The van der Waals surface area contributed by atoms with Gasteiger partial charge in [0.25, 0.3) is 5.91 Å². The topological polar surface area (TPSA) is 73.5 Å². The van der Waals surface area contributed by atoms with Crippen LogP contribution in [0.5, 0.6) is 0 Å². The van der Waals surface area contributed by atoms with Crippen LogP contribution in [-0.4, -0.2) is 44.2 Å². The van der Waals surface area contributed by atoms with Crippen LogP contribution in [0.4, 0.5) is 10.5 Å². The van der Waals surface area contributed by atoms with E-state index >= 15 is 0 Å². The lowest BCUT2D eigenvalue weighted by molar-refractivity contribution is 0.0953. The molecule has 6 nitrogen and oxygen atoms in total. The van der Waals surface area contributed by atoms with Crippen molar-refractivity contribution >= 4 is 29.2 Å². The minimum Gasteiger partial charge on any atom is -0.351 e. The summed E-state index contributed by atoms with van der Waals surface area (Å²) in [6.07, 6.45) is 7.72. The van der Waals surface area contributed by atoms with Crippen molar-refractivity contribution in [1.82, 2.24) is 16.0 Å². The number of hydrogen-bond donors (Lipinski definition) is 3. The zero-order valence-corrected chi connectivity index (χ0v) is 15.8. The van der Waals surface area contributed by atoms with Gasteiger partial charge >= 0.3 is 6.03 Å². The van der Waals surface area contributed by atoms with Gasteiger partial charge in [0.05, 0.1) is 10.7 Å². The van der Waals surface area contributed by atoms with Crippen LogP contribution in [0, 0.1) is 0 Å². The van der Waals surface area contributed by atoms with E-state index in [1.807, 2.05) is 0 Å². The second kappa shape index (κ2) is 9.24. The van der Waals surface area contributed by atoms with E-state index in [-0.39, 0.29) is 11.9 Å². The number of hydrogen-bond acceptors (Lipinski definition) is 3. The molecule has 26 heavy (non-hydrogen) atoms. The molecule has 1 aromatic rings. The van der Waals surface area contributed by atoms with Crippen LogP contribution < -0.4 is 20.9 Å². The van der Waals surface area contributed by atoms with E-state index in [0.717, 1.165) is 6.54 Å². The molecule has 0 atom stereocenters. The van der Waals surface area contributed by atoms with Crippen molar-refractivity contribution in [1.29, 1.82) is 0 Å². The Morgan fingerprint density at radius 1 is 1.19 bits per heavy atom. The molecule has 0 spiro atoms. The van der Waals surface area contributed by atoms with Gasteiger partial charge in [0.15, 0.2) is 0 Å². The number of nitrogens with one attached hydrogen (secondary N) is 3. The molecule has 1 heterocycles. The number of carbonyl (C=O) groups is 2. The van der Waals surface area contributed by atoms with Gasteiger partial charge in [-0.25, -0.2) is 4.79 Å². The van der Waals surface area contributed by atoms with Crippen molar-refractivity contribution in [3.8, 4) is 0 Å². The summed E-state index contributed by atoms with van der Waals surface area (Å²) < 4.78 is 0. The molecular formula is C19H27ClN4O2. The van der Waals surface area contributed by atoms with Crippen molar-refractivity contribution in [3.63, 3.8) is 0 Å². The van der Waals surface area contributed by atoms with E-state index < -0.39 is 0 Å². The number of urea groups is 1. The molecule has 3 N–H and O–H groups in total. The number of anilines is 1. The van der Waals surface area contributed by atoms with Gasteiger partial charge in [-0.1, -0.05) is 37.3 Å². The maximum atomic E-state index is 12.4. The van der Waals surface area contributed by atoms with Crippen LogP contribution >= 0.6 is 11.6 Å². The smallest absolute Gasteiger partial charge is 0.322 e. The molecule has 0 unspecified atom stereocenters. The number of benzene rings is 1. The molecule has 0 bridgehead atoms. The predicted octanol–water partition coefficient (Wildman–Crippen LogP) is 2.91. The van der Waals surface area contributed by atoms with Crippen molar-refractivity contribution in [2.75, 3.05) is 31.1 Å². The SMILES string of the molecule is O=C(NCCNC1CCCCCC1)c1ccc(Cl)c(N2CCNC2=O)c1. The summed E-state index contributed by atoms with van der Waals surface area (Å²) in [6, 6.07) is 5.43. The van der Waals surface area contributed by atoms with E-state index in [2.05, 4.69) is 16.0 Å². The van der Waals surface area contributed by atoms with E-state index in [1.165, 1.54) is 38.5 Å². The Bertz CT molecular complexity index is 644. The maximum absolute atomic E-state index is 12.4. The van der Waals surface area contributed by atoms with E-state index in [9.17, 15) is 9.59 Å². The summed E-state index contributed by atoms with van der Waals surface area (Å²) in [5.41, 5.74) is 1.09. The van der Waals surface area contributed by atoms with Crippen molar-refractivity contribution in [2.24, 2.45) is 0 Å². The quantitative estimate of drug-likeness (QED) is 0.526. The van der Waals surface area contributed by atoms with Crippen molar-refractivity contribution in [2.45, 2.75) is 44.6 Å². The molecule has 1 aliphatic carbocycles. The fraction of sp³-hybridized carbons (Fsp3) is 0.579. The van der Waals surface area contributed by atoms with Gasteiger partial charge in [-0.05, 0) is 31.0 Å². The highest BCUT2D eigenvalue weighted by Crippen LogP contribution is 2.28. The predicted molar refractivity (Wildman–Crippen MR) is 104 cm³/mol. The normalized spacial score (nSPS) is 18.5. The Morgan fingerprint density at radius 2 is 1.96 bits per heavy atom. The standard InChI is InChI=1S/C19H27ClN4O2/c20-16-8-7-14(13-17(16)24-12-11-23-19(24)26)18(25)22-10-9-21-15-5-3-1-2-4-6-15/h7-8,13,15,21H,1-6,9-12H2,(H,22,25)(H,23,26). The summed E-state index contributed by atoms with van der Waals surface area (Å²) in [7, 11) is 0. The van der Waals surface area contributed by atoms with Crippen molar-refractivity contribution in [3.05, 3.63) is 28.8 Å². The fourth-order valence-corrected chi connectivity index (χ4v) is 3.82. The van der Waals surface area contributed by atoms with E-state index in [0.29, 0.717) is 41.9 Å². The minimum absolute atomic E-state index is 0.148. The highest BCUT2D eigenvalue weighted by molar-refractivity contribution is 6.34. The van der Waals surface area contributed by atoms with Gasteiger partial charge in [-0.15, -0.1) is 0 Å². The summed E-state index contributed by atoms with van der Waals surface area (Å²) in [5.74, 6) is -0.148. The van der Waals surface area contributed by atoms with Crippen LogP contribution in [0.15, 0.2) is 18.2 Å². The van der Waals surface area contributed by atoms with Crippen LogP contribution in [0.3, 0.4) is 0 Å². The molecule has 0 aromatic heterocycles. The van der Waals surface area contributed by atoms with Crippen LogP contribution in [0.1, 0.15) is 48.9 Å². The number of halogens is 1. The lowest BCUT2D eigenvalue weighted by atomic mass is 10.1. The highest BCUT2D eigenvalue weighted by Gasteiger charge is 2.24. The van der Waals surface area contributed by atoms with Crippen LogP contribution in [0.2, 0.25) is 5.02 Å². The molecule has 7 heteroatoms. The highest BCUT2D eigenvalue weighted by atomic mass is 35.5. The second-order valence-corrected chi connectivity index (χ2v) is 7.36. The Kier molecular flexibility index (Phi) is 6.74. The molecule has 0 radical (unpaired) electrons. The fourth-order valence-electron chi connectivity index (χ4n) is 3.60. The first-order valence-electron chi connectivity index (χ1n) is 9.51. The first-order chi connectivity index (χ1) is 12.6. The third kappa shape index (κ3) is 4.89. The molecular weight excluding hydrogens is 352 g/mol. The molecule has 1 aliphatic heterocycles. The number of nitrogens with zero attached hydrogens (tertiary/aromatic N) is 1. The van der Waals surface area contributed by atoms with Crippen LogP contribution in [-0.2, 0) is 0 Å². The lowest BCUT2D eigenvalue weighted by Gasteiger charge is -2.18. The van der Waals surface area contributed by atoms with Gasteiger partial charge in [0.2, 0.25) is 0 Å². The largest absolute Gasteiger partial charge is 0.351 e. The lowest BCUT2D eigenvalue weighted by Crippen LogP contribution is -2.37. The molecule has 1 aromatic carbocycles. The third-order valence-corrected chi connectivity index (χ3v) is 5.37. The van der Waals surface area contributed by atoms with E-state index in [4.69, 9.17) is 11.6 Å². The van der Waals surface area contributed by atoms with Gasteiger partial charge in [-0.3, -0.25) is 9.69 Å². The zero-order valence-electron chi connectivity index (χ0n) is 15.0. The van der Waals surface area contributed by atoms with E-state index in [1.54, 1.807) is 23.1 Å². The molecule has 3 amide bonds. The zero-order chi connectivity index (χ0) is 18.4. The first kappa shape index (κ1) is 19.0. The van der Waals surface area contributed by atoms with Gasteiger partial charge in [0.1, 0.15) is 0 Å². The molecule has 1 saturated heterocycles. The third-order valence-electron chi connectivity index (χ3n) is 5.05. The average molecular weight is 379 g/mol. The molecule has 2 fully saturated rings. The Balaban J connectivity index is 1.50. The first-order valence-corrected chi connectivity index (χ1v) is 9.89. The summed E-state index contributed by atoms with van der Waals surface area (Å²) in [6.45, 7) is 2.48. The van der Waals surface area contributed by atoms with Gasteiger partial charge in [0, 0.05) is 37.8 Å². The van der Waals surface area contributed by atoms with Crippen LogP contribution in [0.25, 0.3) is 0 Å². The molecule has 2 aliphatic rings. The van der Waals surface area contributed by atoms with Crippen molar-refractivity contribution < 1.29 is 9.59 Å². The average Bonchev–Trinajstić information content (AvgIpc) is 2.90. The maximum Gasteiger partial charge on any atom is 0.322 e. The number of amides is 3.